The summed E-state index contributed by atoms with van der Waals surface area (Å²) in [6.07, 6.45) is 1.40. The van der Waals surface area contributed by atoms with Gasteiger partial charge in [-0.15, -0.1) is 3.97 Å². The first kappa shape index (κ1) is 20.0. The molecule has 0 aliphatic heterocycles. The summed E-state index contributed by atoms with van der Waals surface area (Å²) in [7, 11) is -4.40. The molecule has 0 spiro atoms. The van der Waals surface area contributed by atoms with Gasteiger partial charge in [-0.05, 0) is 36.4 Å². The molecule has 3 rings (SSSR count). The average molecular weight is 416 g/mol. The molecule has 150 valence electrons. The Bertz CT molecular complexity index is 1190. The third kappa shape index (κ3) is 4.06. The van der Waals surface area contributed by atoms with Crippen LogP contribution in [0.3, 0.4) is 0 Å². The number of ether oxygens (including phenoxy) is 2. The van der Waals surface area contributed by atoms with Crippen LogP contribution < -0.4 is 10.4 Å². The normalized spacial score (nSPS) is 11.0. The molecule has 0 bridgehead atoms. The van der Waals surface area contributed by atoms with E-state index in [2.05, 4.69) is 11.3 Å². The molecule has 3 aromatic rings. The van der Waals surface area contributed by atoms with Gasteiger partial charge in [-0.3, -0.25) is 4.57 Å². The largest absolute Gasteiger partial charge is 0.514 e. The van der Waals surface area contributed by atoms with E-state index in [0.717, 1.165) is 22.9 Å². The van der Waals surface area contributed by atoms with E-state index in [1.807, 2.05) is 0 Å². The van der Waals surface area contributed by atoms with Gasteiger partial charge >= 0.3 is 11.8 Å². The van der Waals surface area contributed by atoms with Gasteiger partial charge in [0.25, 0.3) is 10.0 Å². The molecule has 29 heavy (non-hydrogen) atoms. The fourth-order valence-corrected chi connectivity index (χ4v) is 3.73. The molecule has 0 saturated heterocycles. The highest BCUT2D eigenvalue weighted by atomic mass is 32.2. The molecule has 1 N–H and O–H groups in total. The van der Waals surface area contributed by atoms with Gasteiger partial charge in [0.05, 0.1) is 16.8 Å². The first-order chi connectivity index (χ1) is 13.8. The number of aromatic hydroxyl groups is 1. The van der Waals surface area contributed by atoms with Crippen LogP contribution >= 0.6 is 0 Å². The molecule has 1 aromatic heterocycles. The van der Waals surface area contributed by atoms with Crippen molar-refractivity contribution in [2.45, 2.75) is 4.90 Å². The second-order valence-electron chi connectivity index (χ2n) is 5.67. The van der Waals surface area contributed by atoms with E-state index in [0.29, 0.717) is 5.69 Å². The lowest BCUT2D eigenvalue weighted by atomic mass is 10.3. The van der Waals surface area contributed by atoms with Gasteiger partial charge in [0.1, 0.15) is 12.4 Å². The van der Waals surface area contributed by atoms with Crippen LogP contribution in [0.15, 0.2) is 83.1 Å². The van der Waals surface area contributed by atoms with Crippen molar-refractivity contribution in [2.24, 2.45) is 0 Å². The van der Waals surface area contributed by atoms with Crippen LogP contribution in [-0.2, 0) is 14.8 Å². The molecule has 0 aliphatic rings. The van der Waals surface area contributed by atoms with Crippen LogP contribution in [-0.4, -0.2) is 34.8 Å². The Labute approximate surface area is 165 Å². The quantitative estimate of drug-likeness (QED) is 0.372. The van der Waals surface area contributed by atoms with Crippen LogP contribution in [0.5, 0.6) is 11.6 Å². The van der Waals surface area contributed by atoms with E-state index < -0.39 is 27.7 Å². The van der Waals surface area contributed by atoms with Crippen LogP contribution in [0, 0.1) is 0 Å². The molecule has 9 nitrogen and oxygen atoms in total. The van der Waals surface area contributed by atoms with Crippen LogP contribution in [0.1, 0.15) is 0 Å². The third-order valence-corrected chi connectivity index (χ3v) is 5.44. The number of aromatic nitrogens is 2. The summed E-state index contributed by atoms with van der Waals surface area (Å²) in [6, 6.07) is 13.0. The molecule has 0 unspecified atom stereocenters. The molecule has 0 fully saturated rings. The summed E-state index contributed by atoms with van der Waals surface area (Å²) in [5, 5.41) is 10.1. The second kappa shape index (κ2) is 8.07. The number of carbonyl (C=O) groups excluding carboxylic acids is 1. The lowest BCUT2D eigenvalue weighted by Gasteiger charge is -2.07. The predicted molar refractivity (Wildman–Crippen MR) is 103 cm³/mol. The molecule has 0 atom stereocenters. The number of benzene rings is 2. The average Bonchev–Trinajstić information content (AvgIpc) is 3.02. The fraction of sp³-hybridized carbons (Fsp3) is 0.0526. The highest BCUT2D eigenvalue weighted by molar-refractivity contribution is 7.90. The number of carbonyl (C=O) groups is 1. The van der Waals surface area contributed by atoms with E-state index in [-0.39, 0.29) is 21.2 Å². The van der Waals surface area contributed by atoms with Gasteiger partial charge in [-0.25, -0.2) is 18.0 Å². The smallest absolute Gasteiger partial charge is 0.493 e. The summed E-state index contributed by atoms with van der Waals surface area (Å²) in [6.45, 7) is 3.36. The minimum absolute atomic E-state index is 0.0358. The van der Waals surface area contributed by atoms with Gasteiger partial charge < -0.3 is 14.6 Å². The van der Waals surface area contributed by atoms with E-state index in [1.54, 1.807) is 30.3 Å². The lowest BCUT2D eigenvalue weighted by molar-refractivity contribution is 0.109. The van der Waals surface area contributed by atoms with Gasteiger partial charge in [0, 0.05) is 0 Å². The minimum atomic E-state index is -4.40. The summed E-state index contributed by atoms with van der Waals surface area (Å²) >= 11 is 0. The minimum Gasteiger partial charge on any atom is -0.493 e. The maximum Gasteiger partial charge on any atom is 0.514 e. The van der Waals surface area contributed by atoms with Crippen molar-refractivity contribution in [2.75, 3.05) is 6.61 Å². The van der Waals surface area contributed by atoms with Crippen molar-refractivity contribution in [3.8, 4) is 17.3 Å². The summed E-state index contributed by atoms with van der Waals surface area (Å²) in [4.78, 5) is 23.7. The Hall–Kier alpha value is -3.79. The monoisotopic (exact) mass is 416 g/mol. The third-order valence-electron chi connectivity index (χ3n) is 3.75. The summed E-state index contributed by atoms with van der Waals surface area (Å²) in [5.74, 6) is -0.705. The van der Waals surface area contributed by atoms with Crippen molar-refractivity contribution in [1.82, 2.24) is 8.54 Å². The topological polar surface area (TPSA) is 117 Å². The zero-order valence-electron chi connectivity index (χ0n) is 15.0. The zero-order chi connectivity index (χ0) is 21.0. The molecule has 0 radical (unpaired) electrons. The lowest BCUT2D eigenvalue weighted by Crippen LogP contribution is -2.28. The number of hydrogen-bond donors (Lipinski definition) is 1. The van der Waals surface area contributed by atoms with Crippen molar-refractivity contribution >= 4 is 16.2 Å². The van der Waals surface area contributed by atoms with Gasteiger partial charge in [0.15, 0.2) is 0 Å². The highest BCUT2D eigenvalue weighted by Gasteiger charge is 2.25. The van der Waals surface area contributed by atoms with E-state index in [1.165, 1.54) is 18.2 Å². The maximum atomic E-state index is 12.8. The Morgan fingerprint density at radius 2 is 1.76 bits per heavy atom. The number of hydrogen-bond acceptors (Lipinski definition) is 7. The first-order valence-electron chi connectivity index (χ1n) is 8.24. The van der Waals surface area contributed by atoms with Crippen molar-refractivity contribution in [3.05, 3.63) is 83.9 Å². The number of rotatable bonds is 6. The summed E-state index contributed by atoms with van der Waals surface area (Å²) < 4.78 is 36.5. The van der Waals surface area contributed by atoms with Gasteiger partial charge in [-0.2, -0.15) is 0 Å². The standard InChI is InChI=1S/C19H16N2O7S/c1-2-12-27-19(24)28-15-8-10-16(11-9-15)29(25,26)21-17(22)13-20(18(21)23)14-6-4-3-5-7-14/h2-11,13,22H,1,12H2. The Morgan fingerprint density at radius 1 is 1.10 bits per heavy atom. The van der Waals surface area contributed by atoms with E-state index >= 15 is 0 Å². The van der Waals surface area contributed by atoms with Crippen molar-refractivity contribution < 1.29 is 27.8 Å². The Kier molecular flexibility index (Phi) is 5.55. The molecular formula is C19H16N2O7S. The second-order valence-corrected chi connectivity index (χ2v) is 7.45. The summed E-state index contributed by atoms with van der Waals surface area (Å²) in [5.41, 5.74) is -0.564. The SMILES string of the molecule is C=CCOC(=O)Oc1ccc(S(=O)(=O)n2c(O)cn(-c3ccccc3)c2=O)cc1. The number of nitrogens with zero attached hydrogens (tertiary/aromatic N) is 2. The predicted octanol–water partition coefficient (Wildman–Crippen LogP) is 2.28. The van der Waals surface area contributed by atoms with Crippen molar-refractivity contribution in [3.63, 3.8) is 0 Å². The first-order valence-corrected chi connectivity index (χ1v) is 9.68. The molecule has 2 aromatic carbocycles. The number of imidazole rings is 1. The van der Waals surface area contributed by atoms with E-state index in [9.17, 15) is 23.1 Å². The fourth-order valence-electron chi connectivity index (χ4n) is 2.46. The zero-order valence-corrected chi connectivity index (χ0v) is 15.8. The van der Waals surface area contributed by atoms with Crippen LogP contribution in [0.4, 0.5) is 4.79 Å². The molecule has 0 aliphatic carbocycles. The number of para-hydroxylation sites is 1. The Morgan fingerprint density at radius 3 is 2.38 bits per heavy atom. The molecular weight excluding hydrogens is 400 g/mol. The van der Waals surface area contributed by atoms with Crippen LogP contribution in [0.2, 0.25) is 0 Å². The Balaban J connectivity index is 1.92. The van der Waals surface area contributed by atoms with E-state index in [4.69, 9.17) is 4.74 Å². The molecule has 1 heterocycles. The maximum absolute atomic E-state index is 12.8. The molecule has 0 saturated carbocycles. The van der Waals surface area contributed by atoms with Crippen molar-refractivity contribution in [1.29, 1.82) is 0 Å². The van der Waals surface area contributed by atoms with Crippen LogP contribution in [0.25, 0.3) is 5.69 Å². The van der Waals surface area contributed by atoms with Gasteiger partial charge in [-0.1, -0.05) is 30.9 Å². The molecule has 0 amide bonds. The highest BCUT2D eigenvalue weighted by Crippen LogP contribution is 2.22. The molecule has 10 heteroatoms. The van der Waals surface area contributed by atoms with Gasteiger partial charge in [0.2, 0.25) is 5.88 Å².